The minimum atomic E-state index is -0.726. The largest absolute Gasteiger partial charge is 0.394 e. The molecule has 0 fully saturated rings. The predicted molar refractivity (Wildman–Crippen MR) is 97.1 cm³/mol. The van der Waals surface area contributed by atoms with E-state index in [1.54, 1.807) is 6.07 Å². The van der Waals surface area contributed by atoms with Gasteiger partial charge >= 0.3 is 0 Å². The number of unbranched alkanes of at least 4 members (excludes halogenated alkanes) is 3. The third-order valence-electron chi connectivity index (χ3n) is 4.34. The zero-order valence-corrected chi connectivity index (χ0v) is 14.2. The standard InChI is InChI=1S/C20H27NO3/c1-2-3-4-5-10-19(23)18(14-22)21-20(24)17-12-11-15-8-6-7-9-16(15)13-17/h6-9,11-13,18-19,22-23H,2-5,10,14H2,1H3,(H,21,24)/t18-,19?/m0/s1. The Balaban J connectivity index is 1.96. The lowest BCUT2D eigenvalue weighted by molar-refractivity contribution is 0.0662. The zero-order chi connectivity index (χ0) is 17.4. The van der Waals surface area contributed by atoms with Crippen LogP contribution in [0.1, 0.15) is 49.4 Å². The Bertz CT molecular complexity index is 656. The number of aliphatic hydroxyl groups excluding tert-OH is 2. The average molecular weight is 329 g/mol. The van der Waals surface area contributed by atoms with Crippen molar-refractivity contribution in [1.82, 2.24) is 5.32 Å². The normalized spacial score (nSPS) is 13.6. The van der Waals surface area contributed by atoms with Crippen molar-refractivity contribution < 1.29 is 15.0 Å². The van der Waals surface area contributed by atoms with Gasteiger partial charge in [0, 0.05) is 5.56 Å². The summed E-state index contributed by atoms with van der Waals surface area (Å²) in [6.07, 6.45) is 4.10. The molecule has 0 aliphatic rings. The van der Waals surface area contributed by atoms with E-state index in [0.29, 0.717) is 12.0 Å². The zero-order valence-electron chi connectivity index (χ0n) is 14.2. The van der Waals surface area contributed by atoms with Crippen LogP contribution >= 0.6 is 0 Å². The van der Waals surface area contributed by atoms with E-state index in [2.05, 4.69) is 12.2 Å². The maximum atomic E-state index is 12.4. The second kappa shape index (κ2) is 9.40. The minimum Gasteiger partial charge on any atom is -0.394 e. The smallest absolute Gasteiger partial charge is 0.251 e. The lowest BCUT2D eigenvalue weighted by Crippen LogP contribution is -2.45. The van der Waals surface area contributed by atoms with Crippen molar-refractivity contribution in [3.63, 3.8) is 0 Å². The molecule has 0 saturated heterocycles. The Hall–Kier alpha value is -1.91. The van der Waals surface area contributed by atoms with Crippen LogP contribution in [-0.4, -0.2) is 34.9 Å². The van der Waals surface area contributed by atoms with E-state index < -0.39 is 12.1 Å². The fourth-order valence-corrected chi connectivity index (χ4v) is 2.83. The van der Waals surface area contributed by atoms with Gasteiger partial charge in [-0.1, -0.05) is 62.9 Å². The third-order valence-corrected chi connectivity index (χ3v) is 4.34. The second-order valence-electron chi connectivity index (χ2n) is 6.24. The van der Waals surface area contributed by atoms with Gasteiger partial charge in [-0.3, -0.25) is 4.79 Å². The van der Waals surface area contributed by atoms with Crippen LogP contribution in [0.15, 0.2) is 42.5 Å². The minimum absolute atomic E-state index is 0.270. The molecule has 0 aromatic heterocycles. The molecule has 24 heavy (non-hydrogen) atoms. The molecule has 1 amide bonds. The summed E-state index contributed by atoms with van der Waals surface area (Å²) in [4.78, 5) is 12.4. The maximum Gasteiger partial charge on any atom is 0.251 e. The van der Waals surface area contributed by atoms with Crippen LogP contribution in [0.25, 0.3) is 10.8 Å². The van der Waals surface area contributed by atoms with Crippen molar-refractivity contribution in [2.24, 2.45) is 0 Å². The fourth-order valence-electron chi connectivity index (χ4n) is 2.83. The average Bonchev–Trinajstić information content (AvgIpc) is 2.62. The molecular formula is C20H27NO3. The van der Waals surface area contributed by atoms with Gasteiger partial charge in [0.1, 0.15) is 0 Å². The summed E-state index contributed by atoms with van der Waals surface area (Å²) in [5.41, 5.74) is 0.533. The lowest BCUT2D eigenvalue weighted by atomic mass is 10.0. The number of aliphatic hydroxyl groups is 2. The molecule has 4 heteroatoms. The van der Waals surface area contributed by atoms with Crippen LogP contribution in [0, 0.1) is 0 Å². The molecule has 2 atom stereocenters. The number of nitrogens with one attached hydrogen (secondary N) is 1. The number of amides is 1. The molecule has 2 rings (SSSR count). The molecule has 2 aromatic rings. The van der Waals surface area contributed by atoms with Crippen molar-refractivity contribution in [3.8, 4) is 0 Å². The number of hydrogen-bond donors (Lipinski definition) is 3. The van der Waals surface area contributed by atoms with Crippen LogP contribution in [-0.2, 0) is 0 Å². The van der Waals surface area contributed by atoms with Gasteiger partial charge in [0.2, 0.25) is 0 Å². The Morgan fingerprint density at radius 2 is 1.83 bits per heavy atom. The van der Waals surface area contributed by atoms with Crippen molar-refractivity contribution >= 4 is 16.7 Å². The Morgan fingerprint density at radius 3 is 2.54 bits per heavy atom. The van der Waals surface area contributed by atoms with E-state index in [1.807, 2.05) is 36.4 Å². The highest BCUT2D eigenvalue weighted by molar-refractivity contribution is 5.98. The van der Waals surface area contributed by atoms with Crippen molar-refractivity contribution in [2.75, 3.05) is 6.61 Å². The molecule has 0 saturated carbocycles. The number of carbonyl (C=O) groups excluding carboxylic acids is 1. The van der Waals surface area contributed by atoms with Crippen molar-refractivity contribution in [3.05, 3.63) is 48.0 Å². The van der Waals surface area contributed by atoms with Crippen LogP contribution in [0.3, 0.4) is 0 Å². The monoisotopic (exact) mass is 329 g/mol. The highest BCUT2D eigenvalue weighted by atomic mass is 16.3. The lowest BCUT2D eigenvalue weighted by Gasteiger charge is -2.22. The first-order valence-corrected chi connectivity index (χ1v) is 8.74. The molecule has 2 aromatic carbocycles. The molecule has 3 N–H and O–H groups in total. The summed E-state index contributed by atoms with van der Waals surface area (Å²) in [6.45, 7) is 1.87. The molecule has 0 radical (unpaired) electrons. The molecule has 4 nitrogen and oxygen atoms in total. The summed E-state index contributed by atoms with van der Waals surface area (Å²) < 4.78 is 0. The van der Waals surface area contributed by atoms with E-state index in [1.165, 1.54) is 0 Å². The van der Waals surface area contributed by atoms with E-state index in [-0.39, 0.29) is 12.5 Å². The Kier molecular flexibility index (Phi) is 7.22. The van der Waals surface area contributed by atoms with Gasteiger partial charge in [-0.15, -0.1) is 0 Å². The van der Waals surface area contributed by atoms with Crippen LogP contribution < -0.4 is 5.32 Å². The summed E-state index contributed by atoms with van der Waals surface area (Å²) >= 11 is 0. The molecule has 0 aliphatic carbocycles. The Labute approximate surface area is 143 Å². The third kappa shape index (κ3) is 5.05. The first-order valence-electron chi connectivity index (χ1n) is 8.74. The summed E-state index contributed by atoms with van der Waals surface area (Å²) in [6, 6.07) is 12.7. The first-order chi connectivity index (χ1) is 11.7. The fraction of sp³-hybridized carbons (Fsp3) is 0.450. The summed E-state index contributed by atoms with van der Waals surface area (Å²) in [5, 5.41) is 24.5. The first kappa shape index (κ1) is 18.4. The number of carbonyl (C=O) groups is 1. The van der Waals surface area contributed by atoms with Gasteiger partial charge < -0.3 is 15.5 Å². The van der Waals surface area contributed by atoms with Gasteiger partial charge in [-0.05, 0) is 29.3 Å². The maximum absolute atomic E-state index is 12.4. The number of benzene rings is 2. The van der Waals surface area contributed by atoms with E-state index >= 15 is 0 Å². The predicted octanol–water partition coefficient (Wildman–Crippen LogP) is 3.26. The van der Waals surface area contributed by atoms with Crippen LogP contribution in [0.4, 0.5) is 0 Å². The SMILES string of the molecule is CCCCCCC(O)[C@H](CO)NC(=O)c1ccc2ccccc2c1. The van der Waals surface area contributed by atoms with Crippen LogP contribution in [0.5, 0.6) is 0 Å². The van der Waals surface area contributed by atoms with E-state index in [4.69, 9.17) is 0 Å². The van der Waals surface area contributed by atoms with E-state index in [0.717, 1.165) is 36.5 Å². The van der Waals surface area contributed by atoms with E-state index in [9.17, 15) is 15.0 Å². The summed E-state index contributed by atoms with van der Waals surface area (Å²) in [5.74, 6) is -0.271. The molecule has 130 valence electrons. The number of hydrogen-bond acceptors (Lipinski definition) is 3. The highest BCUT2D eigenvalue weighted by Gasteiger charge is 2.21. The molecule has 1 unspecified atom stereocenters. The summed E-state index contributed by atoms with van der Waals surface area (Å²) in [7, 11) is 0. The van der Waals surface area contributed by atoms with Gasteiger partial charge in [0.05, 0.1) is 18.8 Å². The van der Waals surface area contributed by atoms with Crippen molar-refractivity contribution in [1.29, 1.82) is 0 Å². The molecule has 0 heterocycles. The molecule has 0 aliphatic heterocycles. The molecular weight excluding hydrogens is 302 g/mol. The highest BCUT2D eigenvalue weighted by Crippen LogP contribution is 2.16. The van der Waals surface area contributed by atoms with Gasteiger partial charge in [-0.25, -0.2) is 0 Å². The Morgan fingerprint density at radius 1 is 1.08 bits per heavy atom. The molecule has 0 bridgehead atoms. The van der Waals surface area contributed by atoms with Gasteiger partial charge in [-0.2, -0.15) is 0 Å². The second-order valence-corrected chi connectivity index (χ2v) is 6.24. The molecule has 0 spiro atoms. The number of fused-ring (bicyclic) bond motifs is 1. The van der Waals surface area contributed by atoms with Gasteiger partial charge in [0.15, 0.2) is 0 Å². The number of rotatable bonds is 9. The van der Waals surface area contributed by atoms with Crippen molar-refractivity contribution in [2.45, 2.75) is 51.2 Å². The van der Waals surface area contributed by atoms with Crippen LogP contribution in [0.2, 0.25) is 0 Å². The van der Waals surface area contributed by atoms with Gasteiger partial charge in [0.25, 0.3) is 5.91 Å². The topological polar surface area (TPSA) is 69.6 Å². The quantitative estimate of drug-likeness (QED) is 0.619.